The van der Waals surface area contributed by atoms with Crippen molar-refractivity contribution in [1.29, 1.82) is 0 Å². The number of hydrogen-bond acceptors (Lipinski definition) is 7. The largest absolute Gasteiger partial charge is 0.490 e. The number of rotatable bonds is 10. The van der Waals surface area contributed by atoms with E-state index in [4.69, 9.17) is 14.0 Å². The number of pyridine rings is 1. The molecule has 0 aliphatic carbocycles. The van der Waals surface area contributed by atoms with Crippen LogP contribution in [-0.4, -0.2) is 34.9 Å². The van der Waals surface area contributed by atoms with Crippen molar-refractivity contribution in [2.24, 2.45) is 0 Å². The molecule has 0 saturated carbocycles. The van der Waals surface area contributed by atoms with Crippen LogP contribution < -0.4 is 14.8 Å². The molecule has 170 valence electrons. The van der Waals surface area contributed by atoms with Gasteiger partial charge in [-0.15, -0.1) is 0 Å². The van der Waals surface area contributed by atoms with Crippen LogP contribution in [0.4, 0.5) is 10.2 Å². The minimum absolute atomic E-state index is 0.325. The summed E-state index contributed by atoms with van der Waals surface area (Å²) in [6.45, 7) is 5.79. The van der Waals surface area contributed by atoms with E-state index in [0.717, 1.165) is 29.3 Å². The van der Waals surface area contributed by atoms with E-state index >= 15 is 0 Å². The molecule has 0 atom stereocenters. The summed E-state index contributed by atoms with van der Waals surface area (Å²) < 4.78 is 30.0. The zero-order valence-electron chi connectivity index (χ0n) is 18.5. The quantitative estimate of drug-likeness (QED) is 0.348. The maximum absolute atomic E-state index is 13.4. The Morgan fingerprint density at radius 3 is 2.55 bits per heavy atom. The van der Waals surface area contributed by atoms with Crippen molar-refractivity contribution in [1.82, 2.24) is 15.1 Å². The third-order valence-corrected chi connectivity index (χ3v) is 4.85. The molecule has 0 bridgehead atoms. The van der Waals surface area contributed by atoms with E-state index in [1.165, 1.54) is 12.1 Å². The molecular formula is C25H25FN4O3. The molecule has 0 radical (unpaired) electrons. The topological polar surface area (TPSA) is 82.3 Å². The third kappa shape index (κ3) is 5.65. The fourth-order valence-corrected chi connectivity index (χ4v) is 3.30. The predicted octanol–water partition coefficient (Wildman–Crippen LogP) is 5.39. The Morgan fingerprint density at radius 1 is 0.939 bits per heavy atom. The van der Waals surface area contributed by atoms with Gasteiger partial charge in [0.2, 0.25) is 5.82 Å². The Balaban J connectivity index is 1.35. The lowest BCUT2D eigenvalue weighted by Crippen LogP contribution is -2.07. The third-order valence-electron chi connectivity index (χ3n) is 4.85. The zero-order valence-corrected chi connectivity index (χ0v) is 18.5. The average molecular weight is 448 g/mol. The fourth-order valence-electron chi connectivity index (χ4n) is 3.30. The summed E-state index contributed by atoms with van der Waals surface area (Å²) in [5.74, 6) is 2.56. The molecule has 0 aliphatic heterocycles. The van der Waals surface area contributed by atoms with Gasteiger partial charge in [-0.25, -0.2) is 9.37 Å². The smallest absolute Gasteiger partial charge is 0.259 e. The first-order valence-corrected chi connectivity index (χ1v) is 10.8. The molecule has 4 rings (SSSR count). The molecule has 2 aromatic heterocycles. The lowest BCUT2D eigenvalue weighted by atomic mass is 10.1. The van der Waals surface area contributed by atoms with Crippen LogP contribution in [0.15, 0.2) is 65.3 Å². The number of hydrogen-bond donors (Lipinski definition) is 1. The maximum Gasteiger partial charge on any atom is 0.259 e. The van der Waals surface area contributed by atoms with E-state index in [1.54, 1.807) is 18.3 Å². The first-order valence-electron chi connectivity index (χ1n) is 10.8. The molecule has 2 heterocycles. The van der Waals surface area contributed by atoms with Crippen molar-refractivity contribution in [3.8, 4) is 34.3 Å². The number of anilines is 1. The number of aromatic nitrogens is 3. The van der Waals surface area contributed by atoms with Crippen molar-refractivity contribution in [3.63, 3.8) is 0 Å². The average Bonchev–Trinajstić information content (AvgIpc) is 3.32. The Kier molecular flexibility index (Phi) is 7.14. The first kappa shape index (κ1) is 22.3. The molecule has 8 heteroatoms. The van der Waals surface area contributed by atoms with E-state index in [9.17, 15) is 4.39 Å². The normalized spacial score (nSPS) is 10.8. The highest BCUT2D eigenvalue weighted by molar-refractivity contribution is 5.60. The van der Waals surface area contributed by atoms with Crippen LogP contribution in [0.1, 0.15) is 19.4 Å². The molecule has 33 heavy (non-hydrogen) atoms. The van der Waals surface area contributed by atoms with E-state index in [1.807, 2.05) is 44.2 Å². The summed E-state index contributed by atoms with van der Waals surface area (Å²) in [6.07, 6.45) is 2.46. The summed E-state index contributed by atoms with van der Waals surface area (Å²) >= 11 is 0. The highest BCUT2D eigenvalue weighted by atomic mass is 19.1. The molecular weight excluding hydrogens is 423 g/mol. The molecule has 0 aliphatic rings. The molecule has 0 spiro atoms. The lowest BCUT2D eigenvalue weighted by Gasteiger charge is -2.12. The van der Waals surface area contributed by atoms with Crippen LogP contribution in [0, 0.1) is 5.82 Å². The van der Waals surface area contributed by atoms with Gasteiger partial charge in [0.05, 0.1) is 18.8 Å². The van der Waals surface area contributed by atoms with Crippen molar-refractivity contribution in [3.05, 3.63) is 72.2 Å². The highest BCUT2D eigenvalue weighted by Gasteiger charge is 2.12. The summed E-state index contributed by atoms with van der Waals surface area (Å²) in [7, 11) is 0. The highest BCUT2D eigenvalue weighted by Crippen LogP contribution is 2.29. The van der Waals surface area contributed by atoms with Crippen LogP contribution >= 0.6 is 0 Å². The van der Waals surface area contributed by atoms with Gasteiger partial charge in [0.15, 0.2) is 11.5 Å². The molecule has 0 saturated heterocycles. The Bertz CT molecular complexity index is 1190. The minimum Gasteiger partial charge on any atom is -0.490 e. The second kappa shape index (κ2) is 10.6. The number of ether oxygens (including phenoxy) is 2. The molecule has 0 amide bonds. The Morgan fingerprint density at radius 2 is 1.79 bits per heavy atom. The Hall–Kier alpha value is -3.94. The number of halogens is 1. The summed E-state index contributed by atoms with van der Waals surface area (Å²) in [6, 6.07) is 15.8. The molecule has 1 N–H and O–H groups in total. The van der Waals surface area contributed by atoms with Crippen LogP contribution in [0.3, 0.4) is 0 Å². The minimum atomic E-state index is -0.352. The summed E-state index contributed by atoms with van der Waals surface area (Å²) in [5.41, 5.74) is 2.38. The van der Waals surface area contributed by atoms with Gasteiger partial charge in [-0.3, -0.25) is 0 Å². The molecule has 0 fully saturated rings. The van der Waals surface area contributed by atoms with Crippen molar-refractivity contribution < 1.29 is 18.4 Å². The van der Waals surface area contributed by atoms with E-state index in [-0.39, 0.29) is 5.82 Å². The van der Waals surface area contributed by atoms with E-state index < -0.39 is 0 Å². The van der Waals surface area contributed by atoms with Gasteiger partial charge in [-0.1, -0.05) is 23.4 Å². The summed E-state index contributed by atoms with van der Waals surface area (Å²) in [5, 5.41) is 7.24. The number of benzene rings is 2. The van der Waals surface area contributed by atoms with Crippen molar-refractivity contribution in [2.75, 3.05) is 25.1 Å². The van der Waals surface area contributed by atoms with Gasteiger partial charge in [-0.05, 0) is 62.2 Å². The fraction of sp³-hybridized carbons (Fsp3) is 0.240. The zero-order chi connectivity index (χ0) is 23.0. The SMILES string of the molecule is CCOc1ccc(CCNc2ccc(-c3nc(-c4cccc(F)c4)no3)cn2)cc1OCC. The summed E-state index contributed by atoms with van der Waals surface area (Å²) in [4.78, 5) is 8.76. The van der Waals surface area contributed by atoms with Crippen LogP contribution in [-0.2, 0) is 6.42 Å². The molecule has 2 aromatic carbocycles. The number of nitrogens with one attached hydrogen (secondary N) is 1. The maximum atomic E-state index is 13.4. The molecule has 0 unspecified atom stereocenters. The van der Waals surface area contributed by atoms with E-state index in [0.29, 0.717) is 42.6 Å². The standard InChI is InChI=1S/C25H25FN4O3/c1-3-31-21-10-8-17(14-22(21)32-4-2)12-13-27-23-11-9-19(16-28-23)25-29-24(30-33-25)18-6-5-7-20(26)15-18/h5-11,14-16H,3-4,12-13H2,1-2H3,(H,27,28). The van der Waals surface area contributed by atoms with Crippen molar-refractivity contribution >= 4 is 5.82 Å². The Labute approximate surface area is 191 Å². The van der Waals surface area contributed by atoms with Gasteiger partial charge in [0, 0.05) is 18.3 Å². The second-order valence-corrected chi connectivity index (χ2v) is 7.19. The molecule has 4 aromatic rings. The first-order chi connectivity index (χ1) is 16.2. The lowest BCUT2D eigenvalue weighted by molar-refractivity contribution is 0.287. The van der Waals surface area contributed by atoms with Crippen LogP contribution in [0.2, 0.25) is 0 Å². The predicted molar refractivity (Wildman–Crippen MR) is 124 cm³/mol. The van der Waals surface area contributed by atoms with Crippen LogP contribution in [0.25, 0.3) is 22.8 Å². The van der Waals surface area contributed by atoms with Gasteiger partial charge in [0.1, 0.15) is 11.6 Å². The van der Waals surface area contributed by atoms with Crippen molar-refractivity contribution in [2.45, 2.75) is 20.3 Å². The monoisotopic (exact) mass is 448 g/mol. The van der Waals surface area contributed by atoms with E-state index in [2.05, 4.69) is 20.4 Å². The van der Waals surface area contributed by atoms with Gasteiger partial charge < -0.3 is 19.3 Å². The van der Waals surface area contributed by atoms with Gasteiger partial charge >= 0.3 is 0 Å². The second-order valence-electron chi connectivity index (χ2n) is 7.19. The van der Waals surface area contributed by atoms with Crippen LogP contribution in [0.5, 0.6) is 11.5 Å². The number of nitrogens with zero attached hydrogens (tertiary/aromatic N) is 3. The van der Waals surface area contributed by atoms with Gasteiger partial charge in [-0.2, -0.15) is 4.98 Å². The van der Waals surface area contributed by atoms with Gasteiger partial charge in [0.25, 0.3) is 5.89 Å². The molecule has 7 nitrogen and oxygen atoms in total.